The molecule has 136 valence electrons. The van der Waals surface area contributed by atoms with E-state index in [0.717, 1.165) is 33.8 Å². The molecule has 0 aliphatic heterocycles. The Hall–Kier alpha value is -2.04. The van der Waals surface area contributed by atoms with Gasteiger partial charge in [0, 0.05) is 5.41 Å². The second kappa shape index (κ2) is 7.89. The predicted octanol–water partition coefficient (Wildman–Crippen LogP) is 3.37. The first-order valence-electron chi connectivity index (χ1n) is 8.47. The first-order chi connectivity index (χ1) is 11.8. The monoisotopic (exact) mass is 344 g/mol. The van der Waals surface area contributed by atoms with Gasteiger partial charge in [-0.25, -0.2) is 0 Å². The van der Waals surface area contributed by atoms with Gasteiger partial charge in [0.2, 0.25) is 0 Å². The third kappa shape index (κ3) is 4.33. The maximum absolute atomic E-state index is 9.51. The van der Waals surface area contributed by atoms with E-state index in [2.05, 4.69) is 38.1 Å². The Morgan fingerprint density at radius 1 is 0.960 bits per heavy atom. The molecular weight excluding hydrogens is 316 g/mol. The first-order valence-corrected chi connectivity index (χ1v) is 8.47. The first kappa shape index (κ1) is 19.3. The van der Waals surface area contributed by atoms with Gasteiger partial charge in [0.05, 0.1) is 13.7 Å². The van der Waals surface area contributed by atoms with E-state index in [9.17, 15) is 5.11 Å². The van der Waals surface area contributed by atoms with Crippen LogP contribution >= 0.6 is 0 Å². The fourth-order valence-corrected chi connectivity index (χ4v) is 2.76. The van der Waals surface area contributed by atoms with Crippen molar-refractivity contribution in [3.63, 3.8) is 0 Å². The molecule has 4 heteroatoms. The van der Waals surface area contributed by atoms with Crippen LogP contribution in [0.4, 0.5) is 0 Å². The van der Waals surface area contributed by atoms with Crippen LogP contribution in [-0.4, -0.2) is 36.6 Å². The normalized spacial score (nSPS) is 12.8. The Morgan fingerprint density at radius 2 is 1.48 bits per heavy atom. The van der Waals surface area contributed by atoms with Gasteiger partial charge in [-0.05, 0) is 48.2 Å². The number of aliphatic hydroxyl groups is 2. The Labute approximate surface area is 150 Å². The summed E-state index contributed by atoms with van der Waals surface area (Å²) >= 11 is 0. The molecule has 2 aromatic carbocycles. The lowest BCUT2D eigenvalue weighted by molar-refractivity contribution is 0.0533. The summed E-state index contributed by atoms with van der Waals surface area (Å²) in [6, 6.07) is 12.4. The van der Waals surface area contributed by atoms with Gasteiger partial charge in [-0.1, -0.05) is 38.1 Å². The smallest absolute Gasteiger partial charge is 0.122 e. The average Bonchev–Trinajstić information content (AvgIpc) is 2.60. The van der Waals surface area contributed by atoms with Gasteiger partial charge in [-0.2, -0.15) is 0 Å². The van der Waals surface area contributed by atoms with Gasteiger partial charge in [0.1, 0.15) is 24.2 Å². The number of ether oxygens (including phenoxy) is 2. The van der Waals surface area contributed by atoms with Crippen LogP contribution in [-0.2, 0) is 5.41 Å². The van der Waals surface area contributed by atoms with E-state index in [1.807, 2.05) is 26.0 Å². The molecule has 25 heavy (non-hydrogen) atoms. The lowest BCUT2D eigenvalue weighted by Gasteiger charge is -2.28. The van der Waals surface area contributed by atoms with E-state index in [0.29, 0.717) is 0 Å². The maximum Gasteiger partial charge on any atom is 0.122 e. The minimum atomic E-state index is -0.877. The van der Waals surface area contributed by atoms with E-state index in [-0.39, 0.29) is 18.6 Å². The molecule has 1 atom stereocenters. The number of hydrogen-bond acceptors (Lipinski definition) is 4. The van der Waals surface area contributed by atoms with E-state index in [4.69, 9.17) is 14.6 Å². The molecule has 0 aliphatic rings. The fraction of sp³-hybridized carbons (Fsp3) is 0.429. The number of aryl methyl sites for hydroxylation is 2. The lowest BCUT2D eigenvalue weighted by atomic mass is 9.77. The molecule has 0 aliphatic carbocycles. The summed E-state index contributed by atoms with van der Waals surface area (Å²) in [6.45, 7) is 8.07. The molecule has 0 heterocycles. The van der Waals surface area contributed by atoms with Crippen molar-refractivity contribution in [3.8, 4) is 11.5 Å². The topological polar surface area (TPSA) is 58.9 Å². The molecule has 0 saturated heterocycles. The highest BCUT2D eigenvalue weighted by Gasteiger charge is 2.25. The zero-order valence-electron chi connectivity index (χ0n) is 15.7. The summed E-state index contributed by atoms with van der Waals surface area (Å²) in [6.07, 6.45) is -0.877. The Kier molecular flexibility index (Phi) is 6.09. The highest BCUT2D eigenvalue weighted by atomic mass is 16.5. The zero-order chi connectivity index (χ0) is 18.6. The Balaban J connectivity index is 2.35. The van der Waals surface area contributed by atoms with Crippen molar-refractivity contribution < 1.29 is 19.7 Å². The van der Waals surface area contributed by atoms with Gasteiger partial charge < -0.3 is 19.7 Å². The van der Waals surface area contributed by atoms with Crippen LogP contribution in [0.15, 0.2) is 36.4 Å². The molecule has 0 amide bonds. The van der Waals surface area contributed by atoms with Crippen molar-refractivity contribution in [1.82, 2.24) is 0 Å². The van der Waals surface area contributed by atoms with Crippen LogP contribution in [0.2, 0.25) is 0 Å². The molecule has 2 aromatic rings. The molecule has 0 spiro atoms. The number of rotatable bonds is 7. The summed E-state index contributed by atoms with van der Waals surface area (Å²) in [5, 5.41) is 18.5. The lowest BCUT2D eigenvalue weighted by Crippen LogP contribution is -2.22. The van der Waals surface area contributed by atoms with E-state index in [1.165, 1.54) is 0 Å². The average molecular weight is 344 g/mol. The number of hydrogen-bond donors (Lipinski definition) is 2. The summed E-state index contributed by atoms with van der Waals surface area (Å²) < 4.78 is 11.2. The molecular formula is C21H28O4. The van der Waals surface area contributed by atoms with Crippen LogP contribution in [0.1, 0.15) is 36.1 Å². The molecule has 2 rings (SSSR count). The predicted molar refractivity (Wildman–Crippen MR) is 99.6 cm³/mol. The molecule has 4 nitrogen and oxygen atoms in total. The molecule has 2 N–H and O–H groups in total. The van der Waals surface area contributed by atoms with Crippen LogP contribution in [0.3, 0.4) is 0 Å². The second-order valence-electron chi connectivity index (χ2n) is 6.94. The highest BCUT2D eigenvalue weighted by molar-refractivity contribution is 5.47. The van der Waals surface area contributed by atoms with Crippen molar-refractivity contribution in [2.45, 2.75) is 39.2 Å². The second-order valence-corrected chi connectivity index (χ2v) is 6.94. The van der Waals surface area contributed by atoms with E-state index in [1.54, 1.807) is 7.11 Å². The van der Waals surface area contributed by atoms with Crippen molar-refractivity contribution in [1.29, 1.82) is 0 Å². The third-order valence-electron chi connectivity index (χ3n) is 4.68. The summed E-state index contributed by atoms with van der Waals surface area (Å²) in [7, 11) is 1.68. The molecule has 0 bridgehead atoms. The van der Waals surface area contributed by atoms with Gasteiger partial charge in [-0.3, -0.25) is 0 Å². The van der Waals surface area contributed by atoms with E-state index < -0.39 is 6.10 Å². The minimum Gasteiger partial charge on any atom is -0.496 e. The SMILES string of the molecule is COc1cc(C(C)(C)c2ccc(C)c(OCC(O)CO)c2)ccc1C. The number of methoxy groups -OCH3 is 1. The highest BCUT2D eigenvalue weighted by Crippen LogP contribution is 2.36. The molecule has 0 radical (unpaired) electrons. The van der Waals surface area contributed by atoms with Crippen molar-refractivity contribution >= 4 is 0 Å². The standard InChI is InChI=1S/C21H28O4/c1-14-6-8-16(10-19(14)24-5)21(3,4)17-9-7-15(2)20(11-17)25-13-18(23)12-22/h6-11,18,22-23H,12-13H2,1-5H3. The molecule has 0 aromatic heterocycles. The van der Waals surface area contributed by atoms with Gasteiger partial charge in [0.15, 0.2) is 0 Å². The summed E-state index contributed by atoms with van der Waals surface area (Å²) in [5.41, 5.74) is 4.12. The third-order valence-corrected chi connectivity index (χ3v) is 4.68. The van der Waals surface area contributed by atoms with Crippen LogP contribution < -0.4 is 9.47 Å². The summed E-state index contributed by atoms with van der Waals surface area (Å²) in [4.78, 5) is 0. The largest absolute Gasteiger partial charge is 0.496 e. The van der Waals surface area contributed by atoms with Gasteiger partial charge in [0.25, 0.3) is 0 Å². The molecule has 1 unspecified atom stereocenters. The van der Waals surface area contributed by atoms with Crippen molar-refractivity contribution in [2.75, 3.05) is 20.3 Å². The number of aliphatic hydroxyl groups excluding tert-OH is 2. The van der Waals surface area contributed by atoms with Crippen molar-refractivity contribution in [2.24, 2.45) is 0 Å². The summed E-state index contributed by atoms with van der Waals surface area (Å²) in [5.74, 6) is 1.59. The quantitative estimate of drug-likeness (QED) is 0.808. The van der Waals surface area contributed by atoms with E-state index >= 15 is 0 Å². The van der Waals surface area contributed by atoms with Crippen molar-refractivity contribution in [3.05, 3.63) is 58.7 Å². The zero-order valence-corrected chi connectivity index (χ0v) is 15.7. The van der Waals surface area contributed by atoms with Gasteiger partial charge in [-0.15, -0.1) is 0 Å². The minimum absolute atomic E-state index is 0.0690. The maximum atomic E-state index is 9.51. The van der Waals surface area contributed by atoms with Crippen LogP contribution in [0.5, 0.6) is 11.5 Å². The molecule has 0 saturated carbocycles. The van der Waals surface area contributed by atoms with Gasteiger partial charge >= 0.3 is 0 Å². The Bertz CT molecular complexity index is 722. The molecule has 0 fully saturated rings. The van der Waals surface area contributed by atoms with Crippen LogP contribution in [0.25, 0.3) is 0 Å². The fourth-order valence-electron chi connectivity index (χ4n) is 2.76. The number of benzene rings is 2. The Morgan fingerprint density at radius 3 is 2.00 bits per heavy atom. The van der Waals surface area contributed by atoms with Crippen LogP contribution in [0, 0.1) is 13.8 Å².